The minimum Gasteiger partial charge on any atom is -0.379 e. The second-order valence-electron chi connectivity index (χ2n) is 1.08. The molecule has 0 aromatic rings. The van der Waals surface area contributed by atoms with Crippen LogP contribution in [0.4, 0.5) is 0 Å². The van der Waals surface area contributed by atoms with Crippen LogP contribution in [0.3, 0.4) is 0 Å². The Bertz CT molecular complexity index is 89.7. The molecule has 3 N–H and O–H groups in total. The van der Waals surface area contributed by atoms with Gasteiger partial charge in [0, 0.05) is 0 Å². The maximum absolute atomic E-state index is 9.83. The van der Waals surface area contributed by atoms with Gasteiger partial charge in [0.2, 0.25) is 5.91 Å². The zero-order valence-corrected chi connectivity index (χ0v) is 3.79. The SMILES string of the molecule is C=CC(O)C(N)=O. The standard InChI is InChI=1S/C4H7NO2/c1-2-3(6)4(5)7/h2-3,6H,1H2,(H2,5,7). The molecule has 1 atom stereocenters. The zero-order valence-electron chi connectivity index (χ0n) is 3.79. The predicted molar refractivity (Wildman–Crippen MR) is 25.4 cm³/mol. The molecule has 0 fully saturated rings. The van der Waals surface area contributed by atoms with Crippen LogP contribution in [0, 0.1) is 0 Å². The topological polar surface area (TPSA) is 63.3 Å². The molecule has 0 saturated carbocycles. The summed E-state index contributed by atoms with van der Waals surface area (Å²) in [6, 6.07) is 0. The van der Waals surface area contributed by atoms with E-state index in [1.54, 1.807) is 0 Å². The number of hydrogen-bond donors (Lipinski definition) is 2. The Hall–Kier alpha value is -0.830. The third-order valence-corrected chi connectivity index (χ3v) is 0.515. The number of aliphatic hydroxyl groups is 1. The molecule has 0 aliphatic heterocycles. The molecule has 1 amide bonds. The number of carbonyl (C=O) groups is 1. The first-order valence-electron chi connectivity index (χ1n) is 1.78. The highest BCUT2D eigenvalue weighted by Gasteiger charge is 2.01. The van der Waals surface area contributed by atoms with E-state index in [1.807, 2.05) is 0 Å². The summed E-state index contributed by atoms with van der Waals surface area (Å²) in [6.07, 6.45) is -0.123. The summed E-state index contributed by atoms with van der Waals surface area (Å²) < 4.78 is 0. The van der Waals surface area contributed by atoms with Gasteiger partial charge in [0.15, 0.2) is 0 Å². The highest BCUT2D eigenvalue weighted by Crippen LogP contribution is 1.76. The van der Waals surface area contributed by atoms with E-state index in [0.717, 1.165) is 6.08 Å². The van der Waals surface area contributed by atoms with Crippen molar-refractivity contribution < 1.29 is 9.90 Å². The van der Waals surface area contributed by atoms with E-state index < -0.39 is 12.0 Å². The minimum atomic E-state index is -1.19. The van der Waals surface area contributed by atoms with Crippen molar-refractivity contribution in [2.24, 2.45) is 5.73 Å². The van der Waals surface area contributed by atoms with Gasteiger partial charge >= 0.3 is 0 Å². The highest BCUT2D eigenvalue weighted by atomic mass is 16.3. The average Bonchev–Trinajstić information content (AvgIpc) is 1.65. The summed E-state index contributed by atoms with van der Waals surface area (Å²) in [5, 5.41) is 8.34. The van der Waals surface area contributed by atoms with Crippen LogP contribution in [-0.2, 0) is 4.79 Å². The first-order valence-corrected chi connectivity index (χ1v) is 1.78. The van der Waals surface area contributed by atoms with E-state index in [-0.39, 0.29) is 0 Å². The number of hydrogen-bond acceptors (Lipinski definition) is 2. The molecule has 0 aromatic heterocycles. The lowest BCUT2D eigenvalue weighted by molar-refractivity contribution is -0.123. The van der Waals surface area contributed by atoms with Crippen LogP contribution in [0.1, 0.15) is 0 Å². The highest BCUT2D eigenvalue weighted by molar-refractivity contribution is 5.80. The Kier molecular flexibility index (Phi) is 2.08. The van der Waals surface area contributed by atoms with E-state index in [2.05, 4.69) is 12.3 Å². The molecule has 0 bridgehead atoms. The molecule has 3 nitrogen and oxygen atoms in total. The number of primary amides is 1. The van der Waals surface area contributed by atoms with Crippen LogP contribution in [0.25, 0.3) is 0 Å². The quantitative estimate of drug-likeness (QED) is 0.439. The van der Waals surface area contributed by atoms with Gasteiger partial charge in [-0.15, -0.1) is 0 Å². The molecule has 1 unspecified atom stereocenters. The van der Waals surface area contributed by atoms with Crippen molar-refractivity contribution in [2.45, 2.75) is 6.10 Å². The molecule has 7 heavy (non-hydrogen) atoms. The van der Waals surface area contributed by atoms with Gasteiger partial charge in [-0.05, 0) is 0 Å². The molecule has 3 heteroatoms. The maximum Gasteiger partial charge on any atom is 0.250 e. The van der Waals surface area contributed by atoms with Crippen LogP contribution < -0.4 is 5.73 Å². The van der Waals surface area contributed by atoms with E-state index in [4.69, 9.17) is 5.11 Å². The molecule has 40 valence electrons. The van der Waals surface area contributed by atoms with Gasteiger partial charge in [-0.1, -0.05) is 12.7 Å². The fourth-order valence-electron chi connectivity index (χ4n) is 0.116. The van der Waals surface area contributed by atoms with Crippen LogP contribution in [0.15, 0.2) is 12.7 Å². The van der Waals surface area contributed by atoms with Crippen molar-refractivity contribution in [1.82, 2.24) is 0 Å². The van der Waals surface area contributed by atoms with Crippen molar-refractivity contribution in [3.63, 3.8) is 0 Å². The molecule has 0 aromatic carbocycles. The van der Waals surface area contributed by atoms with Crippen molar-refractivity contribution in [1.29, 1.82) is 0 Å². The Balaban J connectivity index is 3.55. The van der Waals surface area contributed by atoms with E-state index >= 15 is 0 Å². The molecule has 0 radical (unpaired) electrons. The summed E-state index contributed by atoms with van der Waals surface area (Å²) in [5.41, 5.74) is 4.59. The molecule has 0 rings (SSSR count). The average molecular weight is 101 g/mol. The minimum absolute atomic E-state index is 0.769. The number of aliphatic hydroxyl groups excluding tert-OH is 1. The lowest BCUT2D eigenvalue weighted by Crippen LogP contribution is -2.25. The lowest BCUT2D eigenvalue weighted by Gasteiger charge is -1.93. The molecule has 0 heterocycles. The van der Waals surface area contributed by atoms with E-state index in [9.17, 15) is 4.79 Å². The van der Waals surface area contributed by atoms with Crippen LogP contribution in [0.2, 0.25) is 0 Å². The van der Waals surface area contributed by atoms with Gasteiger partial charge in [-0.25, -0.2) is 0 Å². The number of nitrogens with two attached hydrogens (primary N) is 1. The molecular formula is C4H7NO2. The van der Waals surface area contributed by atoms with Crippen LogP contribution >= 0.6 is 0 Å². The van der Waals surface area contributed by atoms with E-state index in [1.165, 1.54) is 0 Å². The zero-order chi connectivity index (χ0) is 5.86. The summed E-state index contributed by atoms with van der Waals surface area (Å²) in [4.78, 5) is 9.83. The fourth-order valence-corrected chi connectivity index (χ4v) is 0.116. The number of amides is 1. The van der Waals surface area contributed by atoms with Gasteiger partial charge in [0.05, 0.1) is 0 Å². The van der Waals surface area contributed by atoms with Crippen molar-refractivity contribution in [2.75, 3.05) is 0 Å². The van der Waals surface area contributed by atoms with Gasteiger partial charge in [-0.3, -0.25) is 4.79 Å². The van der Waals surface area contributed by atoms with Crippen LogP contribution in [-0.4, -0.2) is 17.1 Å². The smallest absolute Gasteiger partial charge is 0.250 e. The van der Waals surface area contributed by atoms with Gasteiger partial charge in [0.25, 0.3) is 0 Å². The summed E-state index contributed by atoms with van der Waals surface area (Å²) >= 11 is 0. The van der Waals surface area contributed by atoms with Gasteiger partial charge < -0.3 is 10.8 Å². The first-order chi connectivity index (χ1) is 3.18. The maximum atomic E-state index is 9.83. The molecule has 0 aliphatic rings. The Labute approximate surface area is 41.4 Å². The molecule has 0 saturated heterocycles. The molecular weight excluding hydrogens is 94.0 g/mol. The van der Waals surface area contributed by atoms with Gasteiger partial charge in [-0.2, -0.15) is 0 Å². The second-order valence-corrected chi connectivity index (χ2v) is 1.08. The Morgan fingerprint density at radius 3 is 2.43 bits per heavy atom. The monoisotopic (exact) mass is 101 g/mol. The summed E-state index contributed by atoms with van der Waals surface area (Å²) in [5.74, 6) is -0.769. The third-order valence-electron chi connectivity index (χ3n) is 0.515. The first kappa shape index (κ1) is 6.17. The van der Waals surface area contributed by atoms with Crippen molar-refractivity contribution in [3.05, 3.63) is 12.7 Å². The summed E-state index contributed by atoms with van der Waals surface area (Å²) in [7, 11) is 0. The van der Waals surface area contributed by atoms with Gasteiger partial charge in [0.1, 0.15) is 6.10 Å². The van der Waals surface area contributed by atoms with Crippen LogP contribution in [0.5, 0.6) is 0 Å². The van der Waals surface area contributed by atoms with Crippen molar-refractivity contribution >= 4 is 5.91 Å². The normalized spacial score (nSPS) is 12.7. The van der Waals surface area contributed by atoms with Crippen molar-refractivity contribution in [3.8, 4) is 0 Å². The second kappa shape index (κ2) is 2.36. The number of rotatable bonds is 2. The predicted octanol–water partition coefficient (Wildman–Crippen LogP) is -0.981. The molecule has 0 spiro atoms. The Morgan fingerprint density at radius 2 is 2.43 bits per heavy atom. The van der Waals surface area contributed by atoms with E-state index in [0.29, 0.717) is 0 Å². The largest absolute Gasteiger partial charge is 0.379 e. The lowest BCUT2D eigenvalue weighted by atomic mass is 10.3. The number of carbonyl (C=O) groups excluding carboxylic acids is 1. The summed E-state index contributed by atoms with van der Waals surface area (Å²) in [6.45, 7) is 3.13. The Morgan fingerprint density at radius 1 is 2.00 bits per heavy atom. The third kappa shape index (κ3) is 1.94. The molecule has 0 aliphatic carbocycles. The fraction of sp³-hybridized carbons (Fsp3) is 0.250.